The molecular weight excluding hydrogens is 330 g/mol. The van der Waals surface area contributed by atoms with Crippen LogP contribution < -0.4 is 5.32 Å². The average Bonchev–Trinajstić information content (AvgIpc) is 2.92. The summed E-state index contributed by atoms with van der Waals surface area (Å²) in [6.45, 7) is 11.0. The summed E-state index contributed by atoms with van der Waals surface area (Å²) in [4.78, 5) is 28.7. The number of nitrogens with one attached hydrogen (secondary N) is 1. The summed E-state index contributed by atoms with van der Waals surface area (Å²) in [5.74, 6) is 0.948. The van der Waals surface area contributed by atoms with E-state index in [1.54, 1.807) is 0 Å². The summed E-state index contributed by atoms with van der Waals surface area (Å²) >= 11 is 0. The van der Waals surface area contributed by atoms with Gasteiger partial charge in [0.2, 0.25) is 5.91 Å². The molecule has 0 aromatic rings. The summed E-state index contributed by atoms with van der Waals surface area (Å²) in [6.07, 6.45) is 5.98. The topological polar surface area (TPSA) is 61.9 Å². The third-order valence-corrected chi connectivity index (χ3v) is 5.96. The van der Waals surface area contributed by atoms with Crippen LogP contribution in [0, 0.1) is 11.8 Å². The van der Waals surface area contributed by atoms with Crippen LogP contribution in [-0.2, 0) is 9.53 Å². The van der Waals surface area contributed by atoms with Gasteiger partial charge in [0.15, 0.2) is 0 Å². The van der Waals surface area contributed by atoms with Gasteiger partial charge in [0, 0.05) is 31.6 Å². The predicted octanol–water partition coefficient (Wildman–Crippen LogP) is 2.87. The molecule has 2 saturated heterocycles. The highest BCUT2D eigenvalue weighted by Gasteiger charge is 2.30. The number of amides is 2. The molecule has 2 amide bonds. The molecule has 0 aromatic heterocycles. The molecule has 0 saturated carbocycles. The van der Waals surface area contributed by atoms with Crippen molar-refractivity contribution in [1.29, 1.82) is 0 Å². The van der Waals surface area contributed by atoms with Gasteiger partial charge in [-0.05, 0) is 58.0 Å². The Kier molecular flexibility index (Phi) is 8.69. The molecule has 2 aliphatic rings. The van der Waals surface area contributed by atoms with Crippen molar-refractivity contribution in [3.05, 3.63) is 0 Å². The fraction of sp³-hybridized carbons (Fsp3) is 0.900. The number of rotatable bonds is 6. The van der Waals surface area contributed by atoms with Gasteiger partial charge < -0.3 is 19.9 Å². The van der Waals surface area contributed by atoms with Crippen molar-refractivity contribution >= 4 is 12.0 Å². The van der Waals surface area contributed by atoms with Crippen molar-refractivity contribution in [3.63, 3.8) is 0 Å². The number of carbonyl (C=O) groups is 2. The second-order valence-electron chi connectivity index (χ2n) is 7.84. The third-order valence-electron chi connectivity index (χ3n) is 5.96. The number of hydrogen-bond donors (Lipinski definition) is 1. The number of piperidine rings is 1. The summed E-state index contributed by atoms with van der Waals surface area (Å²) in [6, 6.07) is 0.526. The molecular formula is C20H37N3O3. The molecule has 150 valence electrons. The average molecular weight is 368 g/mol. The maximum absolute atomic E-state index is 12.3. The Bertz CT molecular complexity index is 450. The van der Waals surface area contributed by atoms with E-state index in [0.29, 0.717) is 18.6 Å². The summed E-state index contributed by atoms with van der Waals surface area (Å²) in [7, 11) is 0. The molecule has 6 nitrogen and oxygen atoms in total. The van der Waals surface area contributed by atoms with E-state index in [-0.39, 0.29) is 17.9 Å². The minimum absolute atomic E-state index is 0.164. The highest BCUT2D eigenvalue weighted by molar-refractivity contribution is 5.78. The summed E-state index contributed by atoms with van der Waals surface area (Å²) in [5, 5.41) is 3.12. The van der Waals surface area contributed by atoms with Gasteiger partial charge >= 0.3 is 6.09 Å². The molecule has 2 fully saturated rings. The smallest absolute Gasteiger partial charge is 0.409 e. The summed E-state index contributed by atoms with van der Waals surface area (Å²) < 4.78 is 5.13. The molecule has 2 unspecified atom stereocenters. The maximum atomic E-state index is 12.3. The Morgan fingerprint density at radius 3 is 2.46 bits per heavy atom. The normalized spacial score (nSPS) is 24.0. The van der Waals surface area contributed by atoms with Gasteiger partial charge in [0.05, 0.1) is 6.61 Å². The lowest BCUT2D eigenvalue weighted by Crippen LogP contribution is -2.45. The third kappa shape index (κ3) is 6.15. The lowest BCUT2D eigenvalue weighted by molar-refractivity contribution is -0.126. The first-order chi connectivity index (χ1) is 12.5. The second kappa shape index (κ2) is 10.8. The van der Waals surface area contributed by atoms with E-state index in [2.05, 4.69) is 24.1 Å². The zero-order valence-electron chi connectivity index (χ0n) is 16.8. The molecule has 2 rings (SSSR count). The highest BCUT2D eigenvalue weighted by atomic mass is 16.6. The van der Waals surface area contributed by atoms with Gasteiger partial charge in [0.25, 0.3) is 0 Å². The second-order valence-corrected chi connectivity index (χ2v) is 7.84. The van der Waals surface area contributed by atoms with Crippen LogP contribution in [0.1, 0.15) is 59.3 Å². The van der Waals surface area contributed by atoms with E-state index >= 15 is 0 Å². The molecule has 2 heterocycles. The van der Waals surface area contributed by atoms with Crippen LogP contribution in [0.25, 0.3) is 0 Å². The van der Waals surface area contributed by atoms with Gasteiger partial charge in [0.1, 0.15) is 0 Å². The van der Waals surface area contributed by atoms with Gasteiger partial charge in [-0.25, -0.2) is 4.79 Å². The minimum Gasteiger partial charge on any atom is -0.450 e. The molecule has 6 heteroatoms. The Hall–Kier alpha value is -1.30. The van der Waals surface area contributed by atoms with Crippen molar-refractivity contribution in [3.8, 4) is 0 Å². The minimum atomic E-state index is -0.176. The van der Waals surface area contributed by atoms with Crippen LogP contribution in [0.3, 0.4) is 0 Å². The monoisotopic (exact) mass is 367 g/mol. The Balaban J connectivity index is 1.74. The van der Waals surface area contributed by atoms with Crippen molar-refractivity contribution in [2.45, 2.75) is 65.3 Å². The zero-order valence-corrected chi connectivity index (χ0v) is 16.8. The van der Waals surface area contributed by atoms with E-state index in [9.17, 15) is 9.59 Å². The number of carbonyl (C=O) groups excluding carboxylic acids is 2. The first-order valence-electron chi connectivity index (χ1n) is 10.5. The van der Waals surface area contributed by atoms with Crippen LogP contribution in [0.4, 0.5) is 4.79 Å². The molecule has 0 aliphatic carbocycles. The Morgan fingerprint density at radius 2 is 1.81 bits per heavy atom. The number of likely N-dealkylation sites (tertiary alicyclic amines) is 2. The van der Waals surface area contributed by atoms with Crippen molar-refractivity contribution in [2.75, 3.05) is 39.3 Å². The standard InChI is InChI=1S/C20H37N3O3/c1-4-16(3)15-21-19(24)17-8-12-22(13-9-17)18-7-6-11-23(14-10-18)20(25)26-5-2/h16-18H,4-15H2,1-3H3,(H,21,24). The number of hydrogen-bond acceptors (Lipinski definition) is 4. The van der Waals surface area contributed by atoms with E-state index < -0.39 is 0 Å². The van der Waals surface area contributed by atoms with E-state index in [4.69, 9.17) is 4.74 Å². The van der Waals surface area contributed by atoms with Crippen LogP contribution in [0.2, 0.25) is 0 Å². The molecule has 0 radical (unpaired) electrons. The molecule has 0 spiro atoms. The largest absolute Gasteiger partial charge is 0.450 e. The van der Waals surface area contributed by atoms with Crippen molar-refractivity contribution < 1.29 is 14.3 Å². The fourth-order valence-electron chi connectivity index (χ4n) is 3.93. The lowest BCUT2D eigenvalue weighted by Gasteiger charge is -2.37. The van der Waals surface area contributed by atoms with Crippen LogP contribution >= 0.6 is 0 Å². The van der Waals surface area contributed by atoms with Gasteiger partial charge in [-0.2, -0.15) is 0 Å². The fourth-order valence-corrected chi connectivity index (χ4v) is 3.93. The number of nitrogens with zero attached hydrogens (tertiary/aromatic N) is 2. The van der Waals surface area contributed by atoms with Gasteiger partial charge in [-0.3, -0.25) is 4.79 Å². The summed E-state index contributed by atoms with van der Waals surface area (Å²) in [5.41, 5.74) is 0. The maximum Gasteiger partial charge on any atom is 0.409 e. The lowest BCUT2D eigenvalue weighted by atomic mass is 9.93. The Labute approximate surface area is 158 Å². The van der Waals surface area contributed by atoms with Crippen molar-refractivity contribution in [2.24, 2.45) is 11.8 Å². The molecule has 2 aliphatic heterocycles. The predicted molar refractivity (Wildman–Crippen MR) is 103 cm³/mol. The van der Waals surface area contributed by atoms with E-state index in [1.807, 2.05) is 11.8 Å². The van der Waals surface area contributed by atoms with Crippen LogP contribution in [0.5, 0.6) is 0 Å². The molecule has 0 aromatic carbocycles. The molecule has 2 atom stereocenters. The first-order valence-corrected chi connectivity index (χ1v) is 10.5. The molecule has 1 N–H and O–H groups in total. The SMILES string of the molecule is CCOC(=O)N1CCCC(N2CCC(C(=O)NCC(C)CC)CC2)CC1. The zero-order chi connectivity index (χ0) is 18.9. The highest BCUT2D eigenvalue weighted by Crippen LogP contribution is 2.24. The van der Waals surface area contributed by atoms with E-state index in [1.165, 1.54) is 0 Å². The van der Waals surface area contributed by atoms with Crippen LogP contribution in [0.15, 0.2) is 0 Å². The molecule has 0 bridgehead atoms. The first kappa shape index (κ1) is 21.0. The Morgan fingerprint density at radius 1 is 1.08 bits per heavy atom. The quantitative estimate of drug-likeness (QED) is 0.784. The van der Waals surface area contributed by atoms with E-state index in [0.717, 1.165) is 71.2 Å². The van der Waals surface area contributed by atoms with Gasteiger partial charge in [-0.1, -0.05) is 20.3 Å². The molecule has 26 heavy (non-hydrogen) atoms. The van der Waals surface area contributed by atoms with Crippen molar-refractivity contribution in [1.82, 2.24) is 15.1 Å². The van der Waals surface area contributed by atoms with Gasteiger partial charge in [-0.15, -0.1) is 0 Å². The number of ether oxygens (including phenoxy) is 1. The van der Waals surface area contributed by atoms with Crippen LogP contribution in [-0.4, -0.2) is 67.2 Å².